The van der Waals surface area contributed by atoms with Gasteiger partial charge < -0.3 is 4.52 Å². The SMILES string of the molecule is Cc1cccc(-c2cc(C(=O)c3ccccc3)no2)c1. The van der Waals surface area contributed by atoms with Crippen molar-refractivity contribution in [2.24, 2.45) is 0 Å². The van der Waals surface area contributed by atoms with Crippen molar-refractivity contribution < 1.29 is 9.32 Å². The van der Waals surface area contributed by atoms with Gasteiger partial charge in [0.15, 0.2) is 11.5 Å². The lowest BCUT2D eigenvalue weighted by Crippen LogP contribution is -2.00. The smallest absolute Gasteiger partial charge is 0.214 e. The Morgan fingerprint density at radius 2 is 1.80 bits per heavy atom. The first-order valence-electron chi connectivity index (χ1n) is 6.37. The summed E-state index contributed by atoms with van der Waals surface area (Å²) in [6.07, 6.45) is 0. The first kappa shape index (κ1) is 12.4. The van der Waals surface area contributed by atoms with E-state index in [9.17, 15) is 4.79 Å². The van der Waals surface area contributed by atoms with Gasteiger partial charge in [-0.05, 0) is 13.0 Å². The molecule has 3 nitrogen and oxygen atoms in total. The van der Waals surface area contributed by atoms with Crippen LogP contribution in [-0.2, 0) is 0 Å². The monoisotopic (exact) mass is 263 g/mol. The summed E-state index contributed by atoms with van der Waals surface area (Å²) in [6.45, 7) is 2.01. The Balaban J connectivity index is 1.93. The van der Waals surface area contributed by atoms with Crippen LogP contribution in [-0.4, -0.2) is 10.9 Å². The highest BCUT2D eigenvalue weighted by Gasteiger charge is 2.15. The fraction of sp³-hybridized carbons (Fsp3) is 0.0588. The van der Waals surface area contributed by atoms with Crippen molar-refractivity contribution in [2.45, 2.75) is 6.92 Å². The van der Waals surface area contributed by atoms with Crippen LogP contribution in [0.1, 0.15) is 21.6 Å². The zero-order valence-electron chi connectivity index (χ0n) is 11.0. The first-order chi connectivity index (χ1) is 9.74. The number of aromatic nitrogens is 1. The number of aryl methyl sites for hydroxylation is 1. The van der Waals surface area contributed by atoms with E-state index in [0.717, 1.165) is 11.1 Å². The maximum atomic E-state index is 12.2. The highest BCUT2D eigenvalue weighted by molar-refractivity contribution is 6.08. The summed E-state index contributed by atoms with van der Waals surface area (Å²) in [7, 11) is 0. The van der Waals surface area contributed by atoms with E-state index >= 15 is 0 Å². The Hall–Kier alpha value is -2.68. The summed E-state index contributed by atoms with van der Waals surface area (Å²) in [5.41, 5.74) is 2.99. The minimum atomic E-state index is -0.131. The maximum absolute atomic E-state index is 12.2. The van der Waals surface area contributed by atoms with Gasteiger partial charge in [-0.25, -0.2) is 0 Å². The Kier molecular flexibility index (Phi) is 3.17. The van der Waals surface area contributed by atoms with E-state index in [1.165, 1.54) is 0 Å². The molecule has 0 aliphatic carbocycles. The summed E-state index contributed by atoms with van der Waals surface area (Å²) in [6, 6.07) is 18.6. The van der Waals surface area contributed by atoms with Crippen molar-refractivity contribution in [2.75, 3.05) is 0 Å². The van der Waals surface area contributed by atoms with Gasteiger partial charge in [-0.15, -0.1) is 0 Å². The molecule has 0 unspecified atom stereocenters. The van der Waals surface area contributed by atoms with Gasteiger partial charge in [0.05, 0.1) is 0 Å². The van der Waals surface area contributed by atoms with Gasteiger partial charge in [-0.2, -0.15) is 0 Å². The number of nitrogens with zero attached hydrogens (tertiary/aromatic N) is 1. The Morgan fingerprint density at radius 1 is 1.00 bits per heavy atom. The highest BCUT2D eigenvalue weighted by Crippen LogP contribution is 2.22. The van der Waals surface area contributed by atoms with Gasteiger partial charge in [0, 0.05) is 17.2 Å². The molecule has 20 heavy (non-hydrogen) atoms. The van der Waals surface area contributed by atoms with Gasteiger partial charge in [-0.3, -0.25) is 4.79 Å². The van der Waals surface area contributed by atoms with Gasteiger partial charge in [-0.1, -0.05) is 59.3 Å². The molecule has 1 aromatic heterocycles. The third kappa shape index (κ3) is 2.38. The molecule has 3 heteroatoms. The lowest BCUT2D eigenvalue weighted by atomic mass is 10.1. The highest BCUT2D eigenvalue weighted by atomic mass is 16.5. The number of carbonyl (C=O) groups is 1. The van der Waals surface area contributed by atoms with Crippen LogP contribution in [0.2, 0.25) is 0 Å². The third-order valence-electron chi connectivity index (χ3n) is 3.08. The minimum absolute atomic E-state index is 0.131. The molecular weight excluding hydrogens is 250 g/mol. The Morgan fingerprint density at radius 3 is 2.55 bits per heavy atom. The number of hydrogen-bond acceptors (Lipinski definition) is 3. The minimum Gasteiger partial charge on any atom is -0.356 e. The fourth-order valence-corrected chi connectivity index (χ4v) is 2.05. The summed E-state index contributed by atoms with van der Waals surface area (Å²) < 4.78 is 5.28. The van der Waals surface area contributed by atoms with Crippen molar-refractivity contribution >= 4 is 5.78 Å². The summed E-state index contributed by atoms with van der Waals surface area (Å²) >= 11 is 0. The molecule has 98 valence electrons. The Bertz CT molecular complexity index is 744. The second-order valence-corrected chi connectivity index (χ2v) is 4.64. The van der Waals surface area contributed by atoms with Crippen molar-refractivity contribution in [3.63, 3.8) is 0 Å². The molecular formula is C17H13NO2. The normalized spacial score (nSPS) is 10.4. The molecule has 0 N–H and O–H groups in total. The van der Waals surface area contributed by atoms with E-state index in [2.05, 4.69) is 5.16 Å². The van der Waals surface area contributed by atoms with Crippen molar-refractivity contribution in [3.8, 4) is 11.3 Å². The van der Waals surface area contributed by atoms with E-state index in [0.29, 0.717) is 17.0 Å². The molecule has 0 saturated carbocycles. The molecule has 2 aromatic carbocycles. The number of rotatable bonds is 3. The predicted molar refractivity (Wildman–Crippen MR) is 76.6 cm³/mol. The van der Waals surface area contributed by atoms with Gasteiger partial charge in [0.2, 0.25) is 5.78 Å². The van der Waals surface area contributed by atoms with Crippen LogP contribution in [0.3, 0.4) is 0 Å². The van der Waals surface area contributed by atoms with E-state index < -0.39 is 0 Å². The molecule has 0 radical (unpaired) electrons. The van der Waals surface area contributed by atoms with Crippen LogP contribution < -0.4 is 0 Å². The summed E-state index contributed by atoms with van der Waals surface area (Å²) in [4.78, 5) is 12.2. The van der Waals surface area contributed by atoms with Crippen LogP contribution in [0.15, 0.2) is 65.2 Å². The second kappa shape index (κ2) is 5.13. The van der Waals surface area contributed by atoms with E-state index in [4.69, 9.17) is 4.52 Å². The molecule has 0 aliphatic heterocycles. The van der Waals surface area contributed by atoms with E-state index in [1.54, 1.807) is 18.2 Å². The lowest BCUT2D eigenvalue weighted by molar-refractivity contribution is 0.103. The average molecular weight is 263 g/mol. The summed E-state index contributed by atoms with van der Waals surface area (Å²) in [5.74, 6) is 0.473. The van der Waals surface area contributed by atoms with Crippen LogP contribution in [0.4, 0.5) is 0 Å². The van der Waals surface area contributed by atoms with E-state index in [-0.39, 0.29) is 5.78 Å². The number of ketones is 1. The first-order valence-corrected chi connectivity index (χ1v) is 6.37. The fourth-order valence-electron chi connectivity index (χ4n) is 2.05. The predicted octanol–water partition coefficient (Wildman–Crippen LogP) is 3.88. The van der Waals surface area contributed by atoms with Crippen LogP contribution >= 0.6 is 0 Å². The molecule has 1 heterocycles. The summed E-state index contributed by atoms with van der Waals surface area (Å²) in [5, 5.41) is 3.87. The second-order valence-electron chi connectivity index (χ2n) is 4.64. The van der Waals surface area contributed by atoms with Crippen LogP contribution in [0.25, 0.3) is 11.3 Å². The molecule has 0 atom stereocenters. The van der Waals surface area contributed by atoms with Gasteiger partial charge in [0.25, 0.3) is 0 Å². The Labute approximate surface area is 116 Å². The average Bonchev–Trinajstić information content (AvgIpc) is 2.97. The van der Waals surface area contributed by atoms with Gasteiger partial charge in [0.1, 0.15) is 0 Å². The maximum Gasteiger partial charge on any atom is 0.214 e. The van der Waals surface area contributed by atoms with Crippen molar-refractivity contribution in [1.29, 1.82) is 0 Å². The molecule has 0 saturated heterocycles. The quantitative estimate of drug-likeness (QED) is 0.673. The molecule has 0 amide bonds. The number of benzene rings is 2. The zero-order chi connectivity index (χ0) is 13.9. The molecule has 3 rings (SSSR count). The van der Waals surface area contributed by atoms with Crippen LogP contribution in [0.5, 0.6) is 0 Å². The third-order valence-corrected chi connectivity index (χ3v) is 3.08. The number of hydrogen-bond donors (Lipinski definition) is 0. The lowest BCUT2D eigenvalue weighted by Gasteiger charge is -1.96. The largest absolute Gasteiger partial charge is 0.356 e. The zero-order valence-corrected chi connectivity index (χ0v) is 11.0. The topological polar surface area (TPSA) is 43.1 Å². The molecule has 0 fully saturated rings. The van der Waals surface area contributed by atoms with Crippen molar-refractivity contribution in [3.05, 3.63) is 77.5 Å². The van der Waals surface area contributed by atoms with E-state index in [1.807, 2.05) is 49.4 Å². The van der Waals surface area contributed by atoms with Crippen molar-refractivity contribution in [1.82, 2.24) is 5.16 Å². The molecule has 0 spiro atoms. The molecule has 0 bridgehead atoms. The molecule has 3 aromatic rings. The standard InChI is InChI=1S/C17H13NO2/c1-12-6-5-9-14(10-12)16-11-15(18-20-16)17(19)13-7-3-2-4-8-13/h2-11H,1H3. The van der Waals surface area contributed by atoms with Gasteiger partial charge >= 0.3 is 0 Å². The van der Waals surface area contributed by atoms with Crippen LogP contribution in [0, 0.1) is 6.92 Å². The molecule has 0 aliphatic rings. The number of carbonyl (C=O) groups excluding carboxylic acids is 1.